The van der Waals surface area contributed by atoms with Crippen molar-refractivity contribution in [3.63, 3.8) is 0 Å². The predicted octanol–water partition coefficient (Wildman–Crippen LogP) is 9.67. The largest absolute Gasteiger partial charge is 0.483 e. The first-order valence-corrected chi connectivity index (χ1v) is 15.1. The van der Waals surface area contributed by atoms with Crippen LogP contribution < -0.4 is 0 Å². The summed E-state index contributed by atoms with van der Waals surface area (Å²) in [4.78, 5) is 11.8. The molecule has 0 saturated heterocycles. The van der Waals surface area contributed by atoms with Crippen molar-refractivity contribution in [2.24, 2.45) is 0 Å². The van der Waals surface area contributed by atoms with Crippen LogP contribution in [0, 0.1) is 0 Å². The molecular weight excluding hydrogens is 463 g/mol. The molecule has 0 atom stereocenters. The van der Waals surface area contributed by atoms with E-state index in [1.807, 2.05) is 0 Å². The van der Waals surface area contributed by atoms with Gasteiger partial charge >= 0.3 is 5.97 Å². The van der Waals surface area contributed by atoms with Crippen molar-refractivity contribution in [1.29, 1.82) is 0 Å². The van der Waals surface area contributed by atoms with Crippen molar-refractivity contribution in [2.45, 2.75) is 155 Å². The van der Waals surface area contributed by atoms with E-state index in [-0.39, 0.29) is 35.5 Å². The molecule has 0 rings (SSSR count). The summed E-state index contributed by atoms with van der Waals surface area (Å²) >= 11 is 5.17. The molecule has 0 aliphatic heterocycles. The summed E-state index contributed by atoms with van der Waals surface area (Å²) in [5.74, 6) is -0.326. The number of esters is 1. The van der Waals surface area contributed by atoms with Gasteiger partial charge in [0.05, 0.1) is 13.2 Å². The van der Waals surface area contributed by atoms with Gasteiger partial charge in [0.2, 0.25) is 0 Å². The SMILES string of the molecule is CCCCCCCCCCCCCOC(=O)C=CC(=S)OCCCCCCCCCCCCC.[Na]. The minimum absolute atomic E-state index is 0. The second-order valence-electron chi connectivity index (χ2n) is 9.74. The fraction of sp³-hybridized carbons (Fsp3) is 0.867. The number of unbranched alkanes of at least 4 members (excludes halogenated alkanes) is 20. The average Bonchev–Trinajstić information content (AvgIpc) is 2.84. The van der Waals surface area contributed by atoms with Crippen molar-refractivity contribution < 1.29 is 14.3 Å². The van der Waals surface area contributed by atoms with Gasteiger partial charge in [-0.25, -0.2) is 4.79 Å². The van der Waals surface area contributed by atoms with Gasteiger partial charge in [-0.3, -0.25) is 0 Å². The van der Waals surface area contributed by atoms with Crippen molar-refractivity contribution in [3.8, 4) is 0 Å². The Morgan fingerprint density at radius 2 is 0.829 bits per heavy atom. The number of rotatable bonds is 26. The molecule has 0 aliphatic carbocycles. The fourth-order valence-electron chi connectivity index (χ4n) is 4.11. The minimum atomic E-state index is -0.326. The molecule has 0 saturated carbocycles. The molecule has 5 heteroatoms. The number of thiocarbonyl (C=S) groups is 1. The number of ether oxygens (including phenoxy) is 2. The Morgan fingerprint density at radius 1 is 0.514 bits per heavy atom. The second kappa shape index (κ2) is 32.1. The van der Waals surface area contributed by atoms with Gasteiger partial charge in [-0.05, 0) is 31.1 Å². The summed E-state index contributed by atoms with van der Waals surface area (Å²) < 4.78 is 10.8. The third-order valence-corrected chi connectivity index (χ3v) is 6.59. The Kier molecular flexibility index (Phi) is 34.2. The summed E-state index contributed by atoms with van der Waals surface area (Å²) in [6, 6.07) is 0. The topological polar surface area (TPSA) is 35.5 Å². The quantitative estimate of drug-likeness (QED) is 0.0374. The first-order valence-electron chi connectivity index (χ1n) is 14.7. The van der Waals surface area contributed by atoms with Crippen molar-refractivity contribution in [2.75, 3.05) is 13.2 Å². The molecule has 0 aromatic heterocycles. The molecule has 35 heavy (non-hydrogen) atoms. The van der Waals surface area contributed by atoms with Gasteiger partial charge < -0.3 is 9.47 Å². The number of carbonyl (C=O) groups is 1. The first kappa shape index (κ1) is 37.3. The molecule has 0 heterocycles. The zero-order valence-electron chi connectivity index (χ0n) is 23.8. The average molecular weight is 520 g/mol. The van der Waals surface area contributed by atoms with Crippen LogP contribution in [0.2, 0.25) is 0 Å². The van der Waals surface area contributed by atoms with Gasteiger partial charge in [0.1, 0.15) is 0 Å². The molecule has 1 radical (unpaired) electrons. The first-order chi connectivity index (χ1) is 16.7. The molecule has 0 bridgehead atoms. The van der Waals surface area contributed by atoms with Crippen LogP contribution in [0.1, 0.15) is 155 Å². The van der Waals surface area contributed by atoms with Crippen molar-refractivity contribution >= 4 is 52.8 Å². The maximum Gasteiger partial charge on any atom is 0.330 e. The van der Waals surface area contributed by atoms with Crippen molar-refractivity contribution in [1.82, 2.24) is 0 Å². The molecule has 201 valence electrons. The van der Waals surface area contributed by atoms with Gasteiger partial charge in [-0.2, -0.15) is 0 Å². The Morgan fingerprint density at radius 3 is 1.20 bits per heavy atom. The molecule has 0 aliphatic rings. The van der Waals surface area contributed by atoms with Crippen LogP contribution in [0.25, 0.3) is 0 Å². The summed E-state index contributed by atoms with van der Waals surface area (Å²) in [5, 5.41) is 0.374. The maximum atomic E-state index is 11.8. The van der Waals surface area contributed by atoms with Crippen LogP contribution >= 0.6 is 12.2 Å². The van der Waals surface area contributed by atoms with E-state index in [0.29, 0.717) is 18.3 Å². The van der Waals surface area contributed by atoms with Crippen LogP contribution in [0.5, 0.6) is 0 Å². The molecule has 0 aromatic rings. The van der Waals surface area contributed by atoms with Crippen LogP contribution in [0.4, 0.5) is 0 Å². The van der Waals surface area contributed by atoms with Crippen LogP contribution in [-0.2, 0) is 14.3 Å². The van der Waals surface area contributed by atoms with E-state index >= 15 is 0 Å². The standard InChI is InChI=1S/C30H56O3S.Na/c1-3-5-7-9-11-13-15-17-19-21-23-27-32-29(31)25-26-30(34)33-28-24-22-20-18-16-14-12-10-8-6-4-2;/h25-26H,3-24,27-28H2,1-2H3;. The molecule has 3 nitrogen and oxygen atoms in total. The predicted molar refractivity (Wildman–Crippen MR) is 157 cm³/mol. The number of hydrogen-bond acceptors (Lipinski definition) is 4. The van der Waals surface area contributed by atoms with E-state index < -0.39 is 0 Å². The summed E-state index contributed by atoms with van der Waals surface area (Å²) in [7, 11) is 0. The Labute approximate surface area is 246 Å². The van der Waals surface area contributed by atoms with Crippen LogP contribution in [0.3, 0.4) is 0 Å². The van der Waals surface area contributed by atoms with Gasteiger partial charge in [0, 0.05) is 35.6 Å². The fourth-order valence-corrected chi connectivity index (χ4v) is 4.26. The second-order valence-corrected chi connectivity index (χ2v) is 10.1. The van der Waals surface area contributed by atoms with E-state index in [0.717, 1.165) is 19.3 Å². The maximum absolute atomic E-state index is 11.8. The molecule has 0 fully saturated rings. The van der Waals surface area contributed by atoms with E-state index in [1.165, 1.54) is 128 Å². The number of hydrogen-bond donors (Lipinski definition) is 0. The Hall–Kier alpha value is 0.1000. The Bertz CT molecular complexity index is 440. The van der Waals surface area contributed by atoms with Gasteiger partial charge in [-0.15, -0.1) is 0 Å². The third kappa shape index (κ3) is 32.1. The van der Waals surface area contributed by atoms with Gasteiger partial charge in [-0.1, -0.05) is 142 Å². The van der Waals surface area contributed by atoms with E-state index in [1.54, 1.807) is 6.08 Å². The zero-order chi connectivity index (χ0) is 25.0. The van der Waals surface area contributed by atoms with Gasteiger partial charge in [0.25, 0.3) is 0 Å². The smallest absolute Gasteiger partial charge is 0.330 e. The van der Waals surface area contributed by atoms with E-state index in [9.17, 15) is 4.79 Å². The monoisotopic (exact) mass is 519 g/mol. The third-order valence-electron chi connectivity index (χ3n) is 6.34. The zero-order valence-corrected chi connectivity index (χ0v) is 26.6. The van der Waals surface area contributed by atoms with Gasteiger partial charge in [0.15, 0.2) is 5.05 Å². The number of carbonyl (C=O) groups excluding carboxylic acids is 1. The summed E-state index contributed by atoms with van der Waals surface area (Å²) in [5.41, 5.74) is 0. The van der Waals surface area contributed by atoms with E-state index in [2.05, 4.69) is 13.8 Å². The van der Waals surface area contributed by atoms with Crippen LogP contribution in [-0.4, -0.2) is 53.8 Å². The molecule has 0 unspecified atom stereocenters. The Balaban J connectivity index is 0. The molecule has 0 aromatic carbocycles. The normalized spacial score (nSPS) is 10.9. The molecule has 0 N–H and O–H groups in total. The summed E-state index contributed by atoms with van der Waals surface area (Å²) in [6.45, 7) is 5.65. The van der Waals surface area contributed by atoms with E-state index in [4.69, 9.17) is 21.7 Å². The minimum Gasteiger partial charge on any atom is -0.483 e. The molecule has 0 spiro atoms. The van der Waals surface area contributed by atoms with Crippen LogP contribution in [0.15, 0.2) is 12.2 Å². The summed E-state index contributed by atoms with van der Waals surface area (Å²) in [6.07, 6.45) is 31.6. The molecule has 0 amide bonds. The molecular formula is C30H56NaO3S. The van der Waals surface area contributed by atoms with Crippen molar-refractivity contribution in [3.05, 3.63) is 12.2 Å².